The van der Waals surface area contributed by atoms with Crippen molar-refractivity contribution in [2.75, 3.05) is 27.2 Å². The van der Waals surface area contributed by atoms with Gasteiger partial charge in [0.15, 0.2) is 0 Å². The molecule has 0 bridgehead atoms. The van der Waals surface area contributed by atoms with Gasteiger partial charge in [-0.1, -0.05) is 12.1 Å². The summed E-state index contributed by atoms with van der Waals surface area (Å²) in [5, 5.41) is 8.71. The molecule has 2 rings (SSSR count). The predicted octanol–water partition coefficient (Wildman–Crippen LogP) is 1.59. The Kier molecular flexibility index (Phi) is 5.98. The first-order chi connectivity index (χ1) is 11.0. The van der Waals surface area contributed by atoms with E-state index in [-0.39, 0.29) is 18.9 Å². The van der Waals surface area contributed by atoms with Gasteiger partial charge in [0.05, 0.1) is 20.1 Å². The van der Waals surface area contributed by atoms with E-state index in [0.29, 0.717) is 19.1 Å². The minimum Gasteiger partial charge on any atom is -0.497 e. The molecule has 1 fully saturated rings. The zero-order valence-electron chi connectivity index (χ0n) is 13.7. The summed E-state index contributed by atoms with van der Waals surface area (Å²) < 4.78 is 5.15. The van der Waals surface area contributed by atoms with Crippen LogP contribution in [-0.4, -0.2) is 60.1 Å². The lowest BCUT2D eigenvalue weighted by Gasteiger charge is -2.25. The number of methoxy groups -OCH3 is 1. The molecular formula is C17H24N2O4. The highest BCUT2D eigenvalue weighted by atomic mass is 16.5. The smallest absolute Gasteiger partial charge is 0.304 e. The lowest BCUT2D eigenvalue weighted by atomic mass is 10.2. The zero-order valence-corrected chi connectivity index (χ0v) is 13.7. The first-order valence-electron chi connectivity index (χ1n) is 7.82. The second-order valence-corrected chi connectivity index (χ2v) is 5.98. The minimum absolute atomic E-state index is 0.0473. The summed E-state index contributed by atoms with van der Waals surface area (Å²) in [6.07, 6.45) is 2.13. The number of ether oxygens (including phenoxy) is 1. The molecule has 1 N–H and O–H groups in total. The zero-order chi connectivity index (χ0) is 16.8. The summed E-state index contributed by atoms with van der Waals surface area (Å²) in [6, 6.07) is 8.04. The number of amides is 1. The van der Waals surface area contributed by atoms with Crippen molar-refractivity contribution in [3.63, 3.8) is 0 Å². The minimum atomic E-state index is -0.846. The Hall–Kier alpha value is -2.08. The van der Waals surface area contributed by atoms with E-state index in [1.165, 1.54) is 0 Å². The molecule has 0 aliphatic heterocycles. The number of hydrogen-bond acceptors (Lipinski definition) is 4. The van der Waals surface area contributed by atoms with Crippen LogP contribution >= 0.6 is 0 Å². The van der Waals surface area contributed by atoms with Crippen LogP contribution in [0.2, 0.25) is 0 Å². The first-order valence-corrected chi connectivity index (χ1v) is 7.82. The molecule has 1 saturated carbocycles. The van der Waals surface area contributed by atoms with Gasteiger partial charge in [-0.05, 0) is 37.6 Å². The van der Waals surface area contributed by atoms with Gasteiger partial charge in [0.1, 0.15) is 5.75 Å². The van der Waals surface area contributed by atoms with Gasteiger partial charge in [-0.15, -0.1) is 0 Å². The van der Waals surface area contributed by atoms with Crippen molar-refractivity contribution in [1.29, 1.82) is 0 Å². The summed E-state index contributed by atoms with van der Waals surface area (Å²) in [5.41, 5.74) is 1.07. The number of benzene rings is 1. The van der Waals surface area contributed by atoms with Crippen molar-refractivity contribution < 1.29 is 19.4 Å². The molecule has 0 heterocycles. The topological polar surface area (TPSA) is 70.1 Å². The maximum absolute atomic E-state index is 12.5. The van der Waals surface area contributed by atoms with Crippen LogP contribution in [0.15, 0.2) is 24.3 Å². The van der Waals surface area contributed by atoms with E-state index in [4.69, 9.17) is 9.84 Å². The van der Waals surface area contributed by atoms with Crippen molar-refractivity contribution in [2.24, 2.45) is 0 Å². The number of nitrogens with zero attached hydrogens (tertiary/aromatic N) is 2. The van der Waals surface area contributed by atoms with Gasteiger partial charge in [-0.3, -0.25) is 14.5 Å². The summed E-state index contributed by atoms with van der Waals surface area (Å²) in [7, 11) is 3.40. The number of likely N-dealkylation sites (N-methyl/N-ethyl adjacent to an activating group) is 1. The lowest BCUT2D eigenvalue weighted by Crippen LogP contribution is -2.40. The molecule has 0 radical (unpaired) electrons. The van der Waals surface area contributed by atoms with Crippen LogP contribution in [0.1, 0.15) is 24.8 Å². The molecule has 6 heteroatoms. The number of carboxylic acids is 1. The first kappa shape index (κ1) is 17.3. The van der Waals surface area contributed by atoms with E-state index >= 15 is 0 Å². The molecule has 1 amide bonds. The highest BCUT2D eigenvalue weighted by Gasteiger charge is 2.32. The molecule has 0 aromatic heterocycles. The van der Waals surface area contributed by atoms with Crippen molar-refractivity contribution in [1.82, 2.24) is 9.80 Å². The Labute approximate surface area is 136 Å². The van der Waals surface area contributed by atoms with E-state index in [2.05, 4.69) is 0 Å². The normalized spacial score (nSPS) is 13.9. The highest BCUT2D eigenvalue weighted by molar-refractivity contribution is 5.79. The standard InChI is InChI=1S/C17H24N2O4/c1-18(10-9-17(21)22)12-16(20)19(14-5-6-14)11-13-3-7-15(23-2)8-4-13/h3-4,7-8,14H,5-6,9-12H2,1-2H3,(H,21,22). The van der Waals surface area contributed by atoms with Crippen LogP contribution in [0.5, 0.6) is 5.75 Å². The van der Waals surface area contributed by atoms with Crippen LogP contribution in [0.3, 0.4) is 0 Å². The molecule has 1 aromatic carbocycles. The van der Waals surface area contributed by atoms with Gasteiger partial charge in [0.2, 0.25) is 5.91 Å². The predicted molar refractivity (Wildman–Crippen MR) is 86.3 cm³/mol. The van der Waals surface area contributed by atoms with E-state index in [1.807, 2.05) is 29.2 Å². The molecule has 23 heavy (non-hydrogen) atoms. The molecule has 1 aliphatic carbocycles. The Morgan fingerprint density at radius 3 is 2.43 bits per heavy atom. The Balaban J connectivity index is 1.92. The molecule has 0 atom stereocenters. The molecule has 126 valence electrons. The van der Waals surface area contributed by atoms with Crippen molar-refractivity contribution in [2.45, 2.75) is 31.8 Å². The van der Waals surface area contributed by atoms with Gasteiger partial charge in [-0.2, -0.15) is 0 Å². The average molecular weight is 320 g/mol. The molecule has 1 aromatic rings. The number of rotatable bonds is 9. The van der Waals surface area contributed by atoms with Crippen LogP contribution < -0.4 is 4.74 Å². The third-order valence-electron chi connectivity index (χ3n) is 3.93. The molecular weight excluding hydrogens is 296 g/mol. The largest absolute Gasteiger partial charge is 0.497 e. The maximum atomic E-state index is 12.5. The number of carboxylic acid groups (broad SMARTS) is 1. The van der Waals surface area contributed by atoms with E-state index < -0.39 is 5.97 Å². The highest BCUT2D eigenvalue weighted by Crippen LogP contribution is 2.28. The lowest BCUT2D eigenvalue weighted by molar-refractivity contribution is -0.138. The van der Waals surface area contributed by atoms with Crippen LogP contribution in [-0.2, 0) is 16.1 Å². The number of carbonyl (C=O) groups is 2. The van der Waals surface area contributed by atoms with Gasteiger partial charge in [0.25, 0.3) is 0 Å². The van der Waals surface area contributed by atoms with E-state index in [9.17, 15) is 9.59 Å². The summed E-state index contributed by atoms with van der Waals surface area (Å²) >= 11 is 0. The number of aliphatic carboxylic acids is 1. The van der Waals surface area contributed by atoms with Gasteiger partial charge < -0.3 is 14.7 Å². The third kappa shape index (κ3) is 5.56. The summed E-state index contributed by atoms with van der Waals surface area (Å²) in [4.78, 5) is 26.8. The molecule has 0 spiro atoms. The fourth-order valence-electron chi connectivity index (χ4n) is 2.42. The van der Waals surface area contributed by atoms with Gasteiger partial charge in [-0.25, -0.2) is 0 Å². The Morgan fingerprint density at radius 1 is 1.26 bits per heavy atom. The molecule has 0 unspecified atom stereocenters. The Bertz CT molecular complexity index is 540. The van der Waals surface area contributed by atoms with E-state index in [0.717, 1.165) is 24.2 Å². The van der Waals surface area contributed by atoms with Crippen molar-refractivity contribution in [3.8, 4) is 5.75 Å². The molecule has 0 saturated heterocycles. The van der Waals surface area contributed by atoms with Crippen LogP contribution in [0.4, 0.5) is 0 Å². The van der Waals surface area contributed by atoms with Crippen LogP contribution in [0.25, 0.3) is 0 Å². The SMILES string of the molecule is COc1ccc(CN(C(=O)CN(C)CCC(=O)O)C2CC2)cc1. The van der Waals surface area contributed by atoms with E-state index in [1.54, 1.807) is 19.1 Å². The monoisotopic (exact) mass is 320 g/mol. The Morgan fingerprint density at radius 2 is 1.91 bits per heavy atom. The fourth-order valence-corrected chi connectivity index (χ4v) is 2.42. The van der Waals surface area contributed by atoms with Gasteiger partial charge >= 0.3 is 5.97 Å². The summed E-state index contributed by atoms with van der Waals surface area (Å²) in [6.45, 7) is 1.21. The average Bonchev–Trinajstić information content (AvgIpc) is 3.35. The summed E-state index contributed by atoms with van der Waals surface area (Å²) in [5.74, 6) is 0.00393. The second kappa shape index (κ2) is 7.97. The quantitative estimate of drug-likeness (QED) is 0.748. The maximum Gasteiger partial charge on any atom is 0.304 e. The molecule has 6 nitrogen and oxygen atoms in total. The van der Waals surface area contributed by atoms with Crippen molar-refractivity contribution >= 4 is 11.9 Å². The fraction of sp³-hybridized carbons (Fsp3) is 0.529. The third-order valence-corrected chi connectivity index (χ3v) is 3.93. The second-order valence-electron chi connectivity index (χ2n) is 5.98. The van der Waals surface area contributed by atoms with Crippen LogP contribution in [0, 0.1) is 0 Å². The molecule has 1 aliphatic rings. The number of hydrogen-bond donors (Lipinski definition) is 1. The van der Waals surface area contributed by atoms with Gasteiger partial charge in [0, 0.05) is 19.1 Å². The van der Waals surface area contributed by atoms with Crippen molar-refractivity contribution in [3.05, 3.63) is 29.8 Å². The number of carbonyl (C=O) groups excluding carboxylic acids is 1.